The third kappa shape index (κ3) is 3.69. The SMILES string of the molecule is O=c1[nH]c(CNc2nc(Cl)nc(N3CCOCC3)n2)cs1. The standard InChI is InChI=1S/C11H13ClN6O2S/c12-8-15-9(13-5-7-6-21-11(19)14-7)17-10(16-8)18-1-3-20-4-2-18/h6H,1-5H2,(H,14,19)(H,13,15,16,17). The first-order valence-electron chi connectivity index (χ1n) is 6.35. The molecule has 0 amide bonds. The van der Waals surface area contributed by atoms with Crippen molar-refractivity contribution in [3.8, 4) is 0 Å². The zero-order valence-corrected chi connectivity index (χ0v) is 12.6. The van der Waals surface area contributed by atoms with Crippen LogP contribution in [0, 0.1) is 0 Å². The van der Waals surface area contributed by atoms with Crippen LogP contribution >= 0.6 is 22.9 Å². The molecule has 112 valence electrons. The van der Waals surface area contributed by atoms with Gasteiger partial charge in [-0.15, -0.1) is 0 Å². The Morgan fingerprint density at radius 1 is 1.38 bits per heavy atom. The highest BCUT2D eigenvalue weighted by Gasteiger charge is 2.16. The molecule has 1 saturated heterocycles. The Kier molecular flexibility index (Phi) is 4.32. The molecule has 3 rings (SSSR count). The van der Waals surface area contributed by atoms with Gasteiger partial charge in [0.1, 0.15) is 0 Å². The molecule has 0 radical (unpaired) electrons. The molecule has 2 N–H and O–H groups in total. The second-order valence-electron chi connectivity index (χ2n) is 4.35. The molecule has 8 nitrogen and oxygen atoms in total. The molecular weight excluding hydrogens is 316 g/mol. The van der Waals surface area contributed by atoms with Crippen LogP contribution in [0.3, 0.4) is 0 Å². The van der Waals surface area contributed by atoms with Crippen molar-refractivity contribution in [2.45, 2.75) is 6.54 Å². The van der Waals surface area contributed by atoms with Crippen molar-refractivity contribution in [3.63, 3.8) is 0 Å². The van der Waals surface area contributed by atoms with Crippen LogP contribution in [0.25, 0.3) is 0 Å². The average Bonchev–Trinajstić information content (AvgIpc) is 2.91. The van der Waals surface area contributed by atoms with Gasteiger partial charge in [-0.05, 0) is 11.6 Å². The number of anilines is 2. The van der Waals surface area contributed by atoms with Crippen molar-refractivity contribution in [1.82, 2.24) is 19.9 Å². The van der Waals surface area contributed by atoms with Crippen LogP contribution in [0.15, 0.2) is 10.2 Å². The molecule has 0 bridgehead atoms. The predicted molar refractivity (Wildman–Crippen MR) is 80.1 cm³/mol. The fourth-order valence-corrected chi connectivity index (χ4v) is 2.64. The number of nitrogens with zero attached hydrogens (tertiary/aromatic N) is 4. The van der Waals surface area contributed by atoms with E-state index in [4.69, 9.17) is 16.3 Å². The maximum absolute atomic E-state index is 11.1. The van der Waals surface area contributed by atoms with Crippen molar-refractivity contribution >= 4 is 34.8 Å². The van der Waals surface area contributed by atoms with Gasteiger partial charge in [0.2, 0.25) is 17.2 Å². The summed E-state index contributed by atoms with van der Waals surface area (Å²) in [5.41, 5.74) is 0.773. The summed E-state index contributed by atoms with van der Waals surface area (Å²) in [6, 6.07) is 0. The number of morpholine rings is 1. The number of thiazole rings is 1. The van der Waals surface area contributed by atoms with Gasteiger partial charge in [-0.1, -0.05) is 11.3 Å². The summed E-state index contributed by atoms with van der Waals surface area (Å²) in [5, 5.41) is 4.91. The van der Waals surface area contributed by atoms with Gasteiger partial charge < -0.3 is 19.9 Å². The van der Waals surface area contributed by atoms with Crippen LogP contribution in [-0.2, 0) is 11.3 Å². The van der Waals surface area contributed by atoms with Gasteiger partial charge in [-0.3, -0.25) is 4.79 Å². The van der Waals surface area contributed by atoms with E-state index in [1.165, 1.54) is 0 Å². The number of aromatic nitrogens is 4. The Labute approximate surface area is 129 Å². The highest BCUT2D eigenvalue weighted by molar-refractivity contribution is 7.07. The van der Waals surface area contributed by atoms with Crippen molar-refractivity contribution in [2.24, 2.45) is 0 Å². The number of H-pyrrole nitrogens is 1. The number of aromatic amines is 1. The lowest BCUT2D eigenvalue weighted by atomic mass is 10.4. The fraction of sp³-hybridized carbons (Fsp3) is 0.455. The van der Waals surface area contributed by atoms with Gasteiger partial charge in [0, 0.05) is 24.2 Å². The largest absolute Gasteiger partial charge is 0.378 e. The van der Waals surface area contributed by atoms with Gasteiger partial charge in [-0.25, -0.2) is 0 Å². The predicted octanol–water partition coefficient (Wildman–Crippen LogP) is 0.723. The van der Waals surface area contributed by atoms with Crippen LogP contribution in [0.4, 0.5) is 11.9 Å². The lowest BCUT2D eigenvalue weighted by molar-refractivity contribution is 0.122. The molecule has 0 aromatic carbocycles. The topological polar surface area (TPSA) is 96.0 Å². The molecule has 0 atom stereocenters. The van der Waals surface area contributed by atoms with Crippen LogP contribution < -0.4 is 15.1 Å². The van der Waals surface area contributed by atoms with E-state index in [0.29, 0.717) is 31.7 Å². The molecule has 0 saturated carbocycles. The number of rotatable bonds is 4. The maximum atomic E-state index is 11.1. The summed E-state index contributed by atoms with van der Waals surface area (Å²) in [4.78, 5) is 28.2. The van der Waals surface area contributed by atoms with Gasteiger partial charge in [-0.2, -0.15) is 15.0 Å². The lowest BCUT2D eigenvalue weighted by Crippen LogP contribution is -2.37. The molecule has 10 heteroatoms. The number of hydrogen-bond donors (Lipinski definition) is 2. The monoisotopic (exact) mass is 328 g/mol. The van der Waals surface area contributed by atoms with E-state index in [1.54, 1.807) is 5.38 Å². The van der Waals surface area contributed by atoms with Crippen LogP contribution in [0.1, 0.15) is 5.69 Å². The van der Waals surface area contributed by atoms with Crippen molar-refractivity contribution < 1.29 is 4.74 Å². The zero-order chi connectivity index (χ0) is 14.7. The maximum Gasteiger partial charge on any atom is 0.304 e. The van der Waals surface area contributed by atoms with Gasteiger partial charge >= 0.3 is 4.87 Å². The van der Waals surface area contributed by atoms with E-state index in [2.05, 4.69) is 25.3 Å². The number of halogens is 1. The second kappa shape index (κ2) is 6.37. The van der Waals surface area contributed by atoms with E-state index in [-0.39, 0.29) is 10.2 Å². The molecule has 0 unspecified atom stereocenters. The van der Waals surface area contributed by atoms with Crippen molar-refractivity contribution in [1.29, 1.82) is 0 Å². The fourth-order valence-electron chi connectivity index (χ4n) is 1.90. The molecule has 2 aromatic rings. The number of ether oxygens (including phenoxy) is 1. The van der Waals surface area contributed by atoms with Gasteiger partial charge in [0.15, 0.2) is 0 Å². The average molecular weight is 329 g/mol. The van der Waals surface area contributed by atoms with Gasteiger partial charge in [0.25, 0.3) is 0 Å². The minimum Gasteiger partial charge on any atom is -0.378 e. The molecular formula is C11H13ClN6O2S. The summed E-state index contributed by atoms with van der Waals surface area (Å²) in [6.07, 6.45) is 0. The Hall–Kier alpha value is -1.71. The first kappa shape index (κ1) is 14.2. The third-order valence-corrected chi connectivity index (χ3v) is 3.79. The lowest BCUT2D eigenvalue weighted by Gasteiger charge is -2.26. The molecule has 3 heterocycles. The van der Waals surface area contributed by atoms with E-state index in [0.717, 1.165) is 30.1 Å². The molecule has 0 aliphatic carbocycles. The Morgan fingerprint density at radius 3 is 2.90 bits per heavy atom. The normalized spacial score (nSPS) is 15.2. The summed E-state index contributed by atoms with van der Waals surface area (Å²) >= 11 is 7.06. The van der Waals surface area contributed by atoms with E-state index >= 15 is 0 Å². The molecule has 1 aliphatic rings. The smallest absolute Gasteiger partial charge is 0.304 e. The van der Waals surface area contributed by atoms with Crippen molar-refractivity contribution in [3.05, 3.63) is 26.0 Å². The Bertz CT molecular complexity index is 669. The Morgan fingerprint density at radius 2 is 2.19 bits per heavy atom. The summed E-state index contributed by atoms with van der Waals surface area (Å²) in [6.45, 7) is 3.14. The Balaban J connectivity index is 1.72. The molecule has 1 fully saturated rings. The van der Waals surface area contributed by atoms with E-state index in [1.807, 2.05) is 4.90 Å². The van der Waals surface area contributed by atoms with Crippen LogP contribution in [0.5, 0.6) is 0 Å². The minimum absolute atomic E-state index is 0.0884. The highest BCUT2D eigenvalue weighted by atomic mass is 35.5. The van der Waals surface area contributed by atoms with Crippen LogP contribution in [0.2, 0.25) is 5.28 Å². The summed E-state index contributed by atoms with van der Waals surface area (Å²) in [5.74, 6) is 0.906. The second-order valence-corrected chi connectivity index (χ2v) is 5.53. The van der Waals surface area contributed by atoms with E-state index < -0.39 is 0 Å². The molecule has 1 aliphatic heterocycles. The summed E-state index contributed by atoms with van der Waals surface area (Å²) in [7, 11) is 0. The molecule has 21 heavy (non-hydrogen) atoms. The first-order valence-corrected chi connectivity index (χ1v) is 7.61. The number of hydrogen-bond acceptors (Lipinski definition) is 8. The number of nitrogens with one attached hydrogen (secondary N) is 2. The zero-order valence-electron chi connectivity index (χ0n) is 11.0. The van der Waals surface area contributed by atoms with Crippen molar-refractivity contribution in [2.75, 3.05) is 36.5 Å². The quantitative estimate of drug-likeness (QED) is 0.853. The highest BCUT2D eigenvalue weighted by Crippen LogP contribution is 2.15. The van der Waals surface area contributed by atoms with Crippen LogP contribution in [-0.4, -0.2) is 46.2 Å². The van der Waals surface area contributed by atoms with Gasteiger partial charge in [0.05, 0.1) is 19.8 Å². The third-order valence-electron chi connectivity index (χ3n) is 2.90. The summed E-state index contributed by atoms with van der Waals surface area (Å²) < 4.78 is 5.30. The molecule has 2 aromatic heterocycles. The van der Waals surface area contributed by atoms with E-state index in [9.17, 15) is 4.79 Å². The molecule has 0 spiro atoms. The minimum atomic E-state index is -0.0884. The first-order chi connectivity index (χ1) is 10.2.